The molecule has 0 saturated carbocycles. The second-order valence-corrected chi connectivity index (χ2v) is 5.59. The number of amides is 1. The largest absolute Gasteiger partial charge is 0.376 e. The third-order valence-corrected chi connectivity index (χ3v) is 3.59. The predicted octanol–water partition coefficient (Wildman–Crippen LogP) is 1.07. The highest BCUT2D eigenvalue weighted by Crippen LogP contribution is 2.15. The zero-order valence-corrected chi connectivity index (χ0v) is 12.6. The van der Waals surface area contributed by atoms with Gasteiger partial charge >= 0.3 is 0 Å². The van der Waals surface area contributed by atoms with Gasteiger partial charge in [-0.15, -0.1) is 0 Å². The number of nitrogens with one attached hydrogen (secondary N) is 1. The van der Waals surface area contributed by atoms with Gasteiger partial charge in [0, 0.05) is 26.2 Å². The van der Waals surface area contributed by atoms with Crippen LogP contribution in [0.15, 0.2) is 12.1 Å². The van der Waals surface area contributed by atoms with Crippen molar-refractivity contribution in [3.8, 4) is 6.07 Å². The summed E-state index contributed by atoms with van der Waals surface area (Å²) in [5.41, 5.74) is 0.867. The molecule has 6 heteroatoms. The molecule has 1 aliphatic heterocycles. The van der Waals surface area contributed by atoms with Crippen molar-refractivity contribution >= 4 is 5.91 Å². The molecule has 1 fully saturated rings. The molecule has 1 aliphatic rings. The second kappa shape index (κ2) is 7.25. The van der Waals surface area contributed by atoms with E-state index in [1.165, 1.54) is 0 Å². The van der Waals surface area contributed by atoms with Gasteiger partial charge in [0.1, 0.15) is 17.5 Å². The Bertz CT molecular complexity index is 512. The molecule has 0 aliphatic carbocycles. The molecule has 0 aromatic carbocycles. The van der Waals surface area contributed by atoms with Crippen molar-refractivity contribution in [1.82, 2.24) is 14.8 Å². The van der Waals surface area contributed by atoms with Crippen LogP contribution in [0.3, 0.4) is 0 Å². The Morgan fingerprint density at radius 1 is 1.48 bits per heavy atom. The molecule has 1 aromatic rings. The Labute approximate surface area is 125 Å². The fraction of sp³-hybridized carbons (Fsp3) is 0.600. The summed E-state index contributed by atoms with van der Waals surface area (Å²) in [4.78, 5) is 19.3. The maximum Gasteiger partial charge on any atom is 0.270 e. The second-order valence-electron chi connectivity index (χ2n) is 5.59. The maximum atomic E-state index is 12.6. The lowest BCUT2D eigenvalue weighted by atomic mass is 10.2. The molecule has 1 amide bonds. The Balaban J connectivity index is 2.05. The summed E-state index contributed by atoms with van der Waals surface area (Å²) in [6, 6.07) is 5.30. The molecule has 6 nitrogen and oxygen atoms in total. The molecule has 21 heavy (non-hydrogen) atoms. The Morgan fingerprint density at radius 3 is 2.86 bits per heavy atom. The first-order valence-corrected chi connectivity index (χ1v) is 7.25. The smallest absolute Gasteiger partial charge is 0.270 e. The third-order valence-electron chi connectivity index (χ3n) is 3.59. The summed E-state index contributed by atoms with van der Waals surface area (Å²) >= 11 is 0. The maximum absolute atomic E-state index is 12.6. The van der Waals surface area contributed by atoms with E-state index in [1.807, 2.05) is 30.0 Å². The number of likely N-dealkylation sites (N-methyl/N-ethyl adjacent to an activating group) is 1. The van der Waals surface area contributed by atoms with Gasteiger partial charge < -0.3 is 19.5 Å². The zero-order chi connectivity index (χ0) is 15.2. The molecule has 1 N–H and O–H groups in total. The summed E-state index contributed by atoms with van der Waals surface area (Å²) in [5.74, 6) is -0.0751. The van der Waals surface area contributed by atoms with E-state index in [2.05, 4.69) is 4.98 Å². The van der Waals surface area contributed by atoms with Crippen LogP contribution in [-0.4, -0.2) is 67.1 Å². The first-order valence-electron chi connectivity index (χ1n) is 7.25. The van der Waals surface area contributed by atoms with E-state index < -0.39 is 0 Å². The normalized spacial score (nSPS) is 17.9. The number of hydrogen-bond acceptors (Lipinski definition) is 4. The molecule has 0 unspecified atom stereocenters. The Hall–Kier alpha value is -1.84. The third kappa shape index (κ3) is 4.31. The lowest BCUT2D eigenvalue weighted by Crippen LogP contribution is -2.41. The topological polar surface area (TPSA) is 72.4 Å². The molecule has 0 radical (unpaired) electrons. The highest BCUT2D eigenvalue weighted by molar-refractivity contribution is 5.92. The molecule has 114 valence electrons. The molecule has 1 atom stereocenters. The van der Waals surface area contributed by atoms with E-state index >= 15 is 0 Å². The summed E-state index contributed by atoms with van der Waals surface area (Å²) in [7, 11) is 3.97. The van der Waals surface area contributed by atoms with Crippen LogP contribution in [0, 0.1) is 11.3 Å². The molecule has 0 bridgehead atoms. The standard InChI is InChI=1S/C15H22N4O2/c1-18(2)7-8-19(11-13-4-3-9-21-13)15(20)14-6-5-12(10-16)17-14/h5-6,13,17H,3-4,7-9,11H2,1-2H3/t13-/m0/s1. The number of carbonyl (C=O) groups is 1. The Morgan fingerprint density at radius 2 is 2.29 bits per heavy atom. The minimum Gasteiger partial charge on any atom is -0.376 e. The molecule has 0 spiro atoms. The van der Waals surface area contributed by atoms with Gasteiger partial charge in [-0.25, -0.2) is 0 Å². The van der Waals surface area contributed by atoms with E-state index in [0.717, 1.165) is 26.0 Å². The van der Waals surface area contributed by atoms with Crippen LogP contribution in [0.2, 0.25) is 0 Å². The average Bonchev–Trinajstić information content (AvgIpc) is 3.13. The molecule has 2 rings (SSSR count). The summed E-state index contributed by atoms with van der Waals surface area (Å²) in [6.07, 6.45) is 2.18. The van der Waals surface area contributed by atoms with Crippen LogP contribution in [0.5, 0.6) is 0 Å². The zero-order valence-electron chi connectivity index (χ0n) is 12.6. The number of ether oxygens (including phenoxy) is 1. The minimum atomic E-state index is -0.0751. The fourth-order valence-electron chi connectivity index (χ4n) is 2.39. The predicted molar refractivity (Wildman–Crippen MR) is 78.9 cm³/mol. The quantitative estimate of drug-likeness (QED) is 0.850. The number of nitriles is 1. The number of carbonyl (C=O) groups excluding carboxylic acids is 1. The van der Waals surface area contributed by atoms with Gasteiger partial charge in [-0.05, 0) is 39.1 Å². The van der Waals surface area contributed by atoms with Crippen LogP contribution in [0.25, 0.3) is 0 Å². The van der Waals surface area contributed by atoms with Crippen LogP contribution < -0.4 is 0 Å². The van der Waals surface area contributed by atoms with Crippen molar-refractivity contribution in [2.75, 3.05) is 40.3 Å². The fourth-order valence-corrected chi connectivity index (χ4v) is 2.39. The van der Waals surface area contributed by atoms with Crippen molar-refractivity contribution in [3.05, 3.63) is 23.5 Å². The van der Waals surface area contributed by atoms with Crippen molar-refractivity contribution in [2.24, 2.45) is 0 Å². The number of hydrogen-bond donors (Lipinski definition) is 1. The van der Waals surface area contributed by atoms with Gasteiger partial charge in [0.15, 0.2) is 0 Å². The van der Waals surface area contributed by atoms with E-state index in [-0.39, 0.29) is 12.0 Å². The highest BCUT2D eigenvalue weighted by Gasteiger charge is 2.24. The van der Waals surface area contributed by atoms with Crippen LogP contribution in [0.4, 0.5) is 0 Å². The molecule has 1 saturated heterocycles. The van der Waals surface area contributed by atoms with Gasteiger partial charge in [0.2, 0.25) is 0 Å². The number of H-pyrrole nitrogens is 1. The summed E-state index contributed by atoms with van der Waals surface area (Å²) in [6.45, 7) is 2.83. The average molecular weight is 290 g/mol. The van der Waals surface area contributed by atoms with Gasteiger partial charge in [0.05, 0.1) is 6.10 Å². The minimum absolute atomic E-state index is 0.0751. The molecular formula is C15H22N4O2. The highest BCUT2D eigenvalue weighted by atomic mass is 16.5. The lowest BCUT2D eigenvalue weighted by molar-refractivity contribution is 0.0508. The SMILES string of the molecule is CN(C)CCN(C[C@@H]1CCCO1)C(=O)c1ccc(C#N)[nH]1. The van der Waals surface area contributed by atoms with E-state index in [9.17, 15) is 4.79 Å². The van der Waals surface area contributed by atoms with Crippen molar-refractivity contribution in [1.29, 1.82) is 5.26 Å². The first kappa shape index (κ1) is 15.5. The number of rotatable bonds is 6. The number of aromatic amines is 1. The molecular weight excluding hydrogens is 268 g/mol. The van der Waals surface area contributed by atoms with Crippen LogP contribution in [0.1, 0.15) is 29.0 Å². The number of aromatic nitrogens is 1. The van der Waals surface area contributed by atoms with Gasteiger partial charge in [-0.1, -0.05) is 0 Å². The summed E-state index contributed by atoms with van der Waals surface area (Å²) < 4.78 is 5.63. The monoisotopic (exact) mass is 290 g/mol. The van der Waals surface area contributed by atoms with Crippen molar-refractivity contribution < 1.29 is 9.53 Å². The van der Waals surface area contributed by atoms with Crippen LogP contribution in [-0.2, 0) is 4.74 Å². The van der Waals surface area contributed by atoms with E-state index in [1.54, 1.807) is 12.1 Å². The van der Waals surface area contributed by atoms with E-state index in [0.29, 0.717) is 24.5 Å². The van der Waals surface area contributed by atoms with Gasteiger partial charge in [-0.2, -0.15) is 5.26 Å². The first-order chi connectivity index (χ1) is 10.1. The Kier molecular flexibility index (Phi) is 5.37. The van der Waals surface area contributed by atoms with Gasteiger partial charge in [0.25, 0.3) is 5.91 Å². The van der Waals surface area contributed by atoms with Crippen molar-refractivity contribution in [2.45, 2.75) is 18.9 Å². The van der Waals surface area contributed by atoms with Crippen LogP contribution >= 0.6 is 0 Å². The van der Waals surface area contributed by atoms with E-state index in [4.69, 9.17) is 10.00 Å². The molecule has 2 heterocycles. The van der Waals surface area contributed by atoms with Crippen molar-refractivity contribution in [3.63, 3.8) is 0 Å². The lowest BCUT2D eigenvalue weighted by Gasteiger charge is -2.26. The summed E-state index contributed by atoms with van der Waals surface area (Å²) in [5, 5.41) is 8.84. The number of nitrogens with zero attached hydrogens (tertiary/aromatic N) is 3. The molecule has 1 aromatic heterocycles. The van der Waals surface area contributed by atoms with Gasteiger partial charge in [-0.3, -0.25) is 4.79 Å².